The van der Waals surface area contributed by atoms with Gasteiger partial charge in [0.15, 0.2) is 11.7 Å². The number of rotatable bonds is 6. The number of carboxylic acids is 1. The number of carboxylic acid groups (broad SMARTS) is 1. The van der Waals surface area contributed by atoms with Crippen molar-refractivity contribution in [2.45, 2.75) is 77.4 Å². The van der Waals surface area contributed by atoms with E-state index in [4.69, 9.17) is 9.40 Å². The Morgan fingerprint density at radius 2 is 1.77 bits per heavy atom. The summed E-state index contributed by atoms with van der Waals surface area (Å²) in [7, 11) is 0. The topological polar surface area (TPSA) is 122 Å². The quantitative estimate of drug-likeness (QED) is 0.213. The van der Waals surface area contributed by atoms with Gasteiger partial charge >= 0.3 is 5.97 Å². The molecule has 1 saturated heterocycles. The first-order chi connectivity index (χ1) is 21.3. The van der Waals surface area contributed by atoms with Crippen LogP contribution in [0, 0.1) is 13.8 Å². The number of carbonyl (C=O) groups excluding carboxylic acids is 1. The van der Waals surface area contributed by atoms with E-state index in [9.17, 15) is 19.8 Å². The molecule has 1 amide bonds. The zero-order valence-electron chi connectivity index (χ0n) is 25.0. The molecular formula is C34H36N4O5S. The fraction of sp³-hybridized carbons (Fsp3) is 0.412. The van der Waals surface area contributed by atoms with E-state index >= 15 is 0 Å². The van der Waals surface area contributed by atoms with E-state index in [0.29, 0.717) is 37.6 Å². The van der Waals surface area contributed by atoms with Crippen LogP contribution in [-0.2, 0) is 11.3 Å². The summed E-state index contributed by atoms with van der Waals surface area (Å²) in [6, 6.07) is 11.9. The first kappa shape index (κ1) is 28.7. The molecule has 1 aliphatic carbocycles. The summed E-state index contributed by atoms with van der Waals surface area (Å²) in [5.74, 6) is 0.595. The Kier molecular flexibility index (Phi) is 7.50. The minimum absolute atomic E-state index is 0.0156. The van der Waals surface area contributed by atoms with Gasteiger partial charge in [-0.3, -0.25) is 4.79 Å². The van der Waals surface area contributed by atoms with Crippen molar-refractivity contribution in [3.8, 4) is 22.7 Å². The minimum atomic E-state index is -0.949. The number of piperidine rings is 1. The van der Waals surface area contributed by atoms with Gasteiger partial charge in [0.2, 0.25) is 5.91 Å². The molecule has 0 atom stereocenters. The normalized spacial score (nSPS) is 16.8. The van der Waals surface area contributed by atoms with Gasteiger partial charge in [0, 0.05) is 25.4 Å². The number of hydrogen-bond donors (Lipinski definition) is 2. The smallest absolute Gasteiger partial charge is 0.345 e. The molecule has 2 aliphatic rings. The Labute approximate surface area is 259 Å². The predicted octanol–water partition coefficient (Wildman–Crippen LogP) is 6.92. The van der Waals surface area contributed by atoms with Gasteiger partial charge in [-0.2, -0.15) is 0 Å². The third-order valence-corrected chi connectivity index (χ3v) is 10.4. The van der Waals surface area contributed by atoms with Crippen LogP contribution in [-0.4, -0.2) is 60.7 Å². The van der Waals surface area contributed by atoms with Crippen LogP contribution < -0.4 is 0 Å². The number of nitrogens with zero attached hydrogens (tertiary/aromatic N) is 4. The van der Waals surface area contributed by atoms with E-state index < -0.39 is 5.97 Å². The predicted molar refractivity (Wildman–Crippen MR) is 170 cm³/mol. The highest BCUT2D eigenvalue weighted by Crippen LogP contribution is 2.47. The van der Waals surface area contributed by atoms with E-state index in [1.165, 1.54) is 17.8 Å². The van der Waals surface area contributed by atoms with Crippen LogP contribution in [0.25, 0.3) is 43.8 Å². The van der Waals surface area contributed by atoms with Gasteiger partial charge in [-0.1, -0.05) is 31.4 Å². The second-order valence-corrected chi connectivity index (χ2v) is 13.2. The molecule has 9 nitrogen and oxygen atoms in total. The van der Waals surface area contributed by atoms with Crippen LogP contribution in [0.4, 0.5) is 0 Å². The van der Waals surface area contributed by atoms with Gasteiger partial charge in [0.25, 0.3) is 0 Å². The van der Waals surface area contributed by atoms with E-state index in [1.807, 2.05) is 36.9 Å². The van der Waals surface area contributed by atoms with Crippen LogP contribution >= 0.6 is 11.3 Å². The number of aliphatic hydroxyl groups excluding tert-OH is 1. The summed E-state index contributed by atoms with van der Waals surface area (Å²) in [4.78, 5) is 37.2. The monoisotopic (exact) mass is 612 g/mol. The zero-order valence-corrected chi connectivity index (χ0v) is 25.8. The molecule has 7 rings (SSSR count). The zero-order chi connectivity index (χ0) is 30.5. The lowest BCUT2D eigenvalue weighted by Gasteiger charge is -2.30. The fourth-order valence-electron chi connectivity index (χ4n) is 7.02. The average molecular weight is 613 g/mol. The van der Waals surface area contributed by atoms with Crippen LogP contribution in [0.5, 0.6) is 0 Å². The number of aromatic carboxylic acids is 1. The Morgan fingerprint density at radius 1 is 1.00 bits per heavy atom. The van der Waals surface area contributed by atoms with Crippen molar-refractivity contribution in [1.29, 1.82) is 0 Å². The third-order valence-electron chi connectivity index (χ3n) is 9.21. The van der Waals surface area contributed by atoms with E-state index in [2.05, 4.69) is 21.7 Å². The Balaban J connectivity index is 1.38. The van der Waals surface area contributed by atoms with E-state index in [1.54, 1.807) is 6.07 Å². The molecule has 1 saturated carbocycles. The molecule has 1 aromatic carbocycles. The number of benzene rings is 1. The largest absolute Gasteiger partial charge is 0.477 e. The molecule has 10 heteroatoms. The van der Waals surface area contributed by atoms with E-state index in [0.717, 1.165) is 75.0 Å². The number of thiophene rings is 1. The fourth-order valence-corrected chi connectivity index (χ4v) is 8.14. The molecule has 1 aliphatic heterocycles. The molecule has 5 aromatic rings. The summed E-state index contributed by atoms with van der Waals surface area (Å²) in [6.07, 6.45) is 6.32. The Morgan fingerprint density at radius 3 is 2.48 bits per heavy atom. The second kappa shape index (κ2) is 11.5. The molecule has 5 heterocycles. The first-order valence-corrected chi connectivity index (χ1v) is 16.3. The Bertz CT molecular complexity index is 1890. The highest BCUT2D eigenvalue weighted by Gasteiger charge is 2.31. The first-order valence-electron chi connectivity index (χ1n) is 15.5. The maximum atomic E-state index is 13.7. The average Bonchev–Trinajstić information content (AvgIpc) is 3.69. The number of aromatic nitrogens is 3. The number of aryl methyl sites for hydroxylation is 2. The van der Waals surface area contributed by atoms with Crippen LogP contribution in [0.3, 0.4) is 0 Å². The van der Waals surface area contributed by atoms with Crippen molar-refractivity contribution >= 4 is 44.3 Å². The van der Waals surface area contributed by atoms with Crippen LogP contribution in [0.2, 0.25) is 0 Å². The van der Waals surface area contributed by atoms with Crippen molar-refractivity contribution in [1.82, 2.24) is 19.4 Å². The summed E-state index contributed by atoms with van der Waals surface area (Å²) in [6.45, 7) is 4.90. The highest BCUT2D eigenvalue weighted by molar-refractivity contribution is 7.21. The standard InChI is InChI=1S/C34H36N4O5S/c1-19-32(43-20(2)35-19)26-11-8-22-16-23(9-10-25(22)36-26)31-30(21-6-4-3-5-7-21)33-27(17-28(44-33)34(41)42)38(31)18-29(40)37-14-12-24(39)13-15-37/h8-11,16-17,21,24,39H,3-7,12-15,18H2,1-2H3,(H,41,42). The number of carbonyl (C=O) groups is 2. The van der Waals surface area contributed by atoms with Crippen molar-refractivity contribution in [2.75, 3.05) is 13.1 Å². The molecule has 0 unspecified atom stereocenters. The molecule has 0 spiro atoms. The molecule has 0 bridgehead atoms. The van der Waals surface area contributed by atoms with Gasteiger partial charge in [-0.15, -0.1) is 11.3 Å². The van der Waals surface area contributed by atoms with Gasteiger partial charge < -0.3 is 24.1 Å². The minimum Gasteiger partial charge on any atom is -0.477 e. The molecular weight excluding hydrogens is 576 g/mol. The second-order valence-electron chi connectivity index (χ2n) is 12.2. The number of aliphatic hydroxyl groups is 1. The molecule has 4 aromatic heterocycles. The lowest BCUT2D eigenvalue weighted by Crippen LogP contribution is -2.41. The number of oxazole rings is 1. The summed E-state index contributed by atoms with van der Waals surface area (Å²) >= 11 is 1.32. The summed E-state index contributed by atoms with van der Waals surface area (Å²) in [5.41, 5.74) is 6.31. The van der Waals surface area contributed by atoms with Gasteiger partial charge in [0.1, 0.15) is 17.1 Å². The molecule has 228 valence electrons. The van der Waals surface area contributed by atoms with E-state index in [-0.39, 0.29) is 29.4 Å². The third kappa shape index (κ3) is 5.20. The van der Waals surface area contributed by atoms with Crippen molar-refractivity contribution in [3.05, 3.63) is 58.4 Å². The Hall–Kier alpha value is -4.02. The van der Waals surface area contributed by atoms with Crippen LogP contribution in [0.15, 0.2) is 40.8 Å². The summed E-state index contributed by atoms with van der Waals surface area (Å²) < 4.78 is 8.84. The van der Waals surface area contributed by atoms with Gasteiger partial charge in [-0.05, 0) is 73.9 Å². The highest BCUT2D eigenvalue weighted by atomic mass is 32.1. The number of hydrogen-bond acceptors (Lipinski definition) is 7. The van der Waals surface area contributed by atoms with Crippen LogP contribution in [0.1, 0.15) is 77.7 Å². The number of likely N-dealkylation sites (tertiary alicyclic amines) is 1. The van der Waals surface area contributed by atoms with Gasteiger partial charge in [0.05, 0.1) is 33.2 Å². The SMILES string of the molecule is Cc1nc(C)c(-c2ccc3cc(-c4c(C5CCCCC5)c5sc(C(=O)O)cc5n4CC(=O)N4CCC(O)CC4)ccc3n2)o1. The lowest BCUT2D eigenvalue weighted by molar-refractivity contribution is -0.133. The molecule has 44 heavy (non-hydrogen) atoms. The van der Waals surface area contributed by atoms with Gasteiger partial charge in [-0.25, -0.2) is 14.8 Å². The number of amides is 1. The number of fused-ring (bicyclic) bond motifs is 2. The lowest BCUT2D eigenvalue weighted by atomic mass is 9.83. The maximum Gasteiger partial charge on any atom is 0.345 e. The molecule has 2 fully saturated rings. The van der Waals surface area contributed by atoms with Crippen molar-refractivity contribution in [2.24, 2.45) is 0 Å². The van der Waals surface area contributed by atoms with Crippen molar-refractivity contribution in [3.63, 3.8) is 0 Å². The molecule has 0 radical (unpaired) electrons. The maximum absolute atomic E-state index is 13.7. The number of pyridine rings is 1. The van der Waals surface area contributed by atoms with Crippen molar-refractivity contribution < 1.29 is 24.2 Å². The molecule has 2 N–H and O–H groups in total. The summed E-state index contributed by atoms with van der Waals surface area (Å²) in [5, 5.41) is 20.9.